The molecule has 3 nitrogen and oxygen atoms in total. The number of Topliss-reactive ketones (excluding diaryl/α,β-unsaturated/α-hetero) is 1. The molecule has 4 rings (SSSR count). The van der Waals surface area contributed by atoms with Crippen LogP contribution < -0.4 is 5.73 Å². The van der Waals surface area contributed by atoms with Crippen LogP contribution in [0.25, 0.3) is 21.8 Å². The normalized spacial score (nSPS) is 14.8. The summed E-state index contributed by atoms with van der Waals surface area (Å²) in [5.74, 6) is 0.945. The molecule has 0 spiro atoms. The molecule has 1 aromatic heterocycles. The van der Waals surface area contributed by atoms with Gasteiger partial charge in [0.2, 0.25) is 0 Å². The molecule has 0 aliphatic heterocycles. The Morgan fingerprint density at radius 2 is 1.86 bits per heavy atom. The third-order valence-corrected chi connectivity index (χ3v) is 4.60. The molecule has 1 aliphatic carbocycles. The van der Waals surface area contributed by atoms with Crippen LogP contribution in [0.3, 0.4) is 0 Å². The number of nitrogens with zero attached hydrogens (tertiary/aromatic N) is 1. The number of aromatic nitrogens is 1. The number of nitrogens with two attached hydrogens (primary N) is 1. The number of fused-ring (bicyclic) bond motifs is 3. The minimum atomic E-state index is 0.128. The molecule has 112 valence electrons. The van der Waals surface area contributed by atoms with E-state index in [4.69, 9.17) is 5.73 Å². The maximum absolute atomic E-state index is 12.1. The van der Waals surface area contributed by atoms with Gasteiger partial charge in [0.15, 0.2) is 5.78 Å². The number of hydrogen-bond donors (Lipinski definition) is 1. The van der Waals surface area contributed by atoms with Gasteiger partial charge in [-0.25, -0.2) is 0 Å². The summed E-state index contributed by atoms with van der Waals surface area (Å²) in [5.41, 5.74) is 8.79. The second kappa shape index (κ2) is 5.25. The Hall–Kier alpha value is -2.13. The second-order valence-electron chi connectivity index (χ2n) is 6.26. The summed E-state index contributed by atoms with van der Waals surface area (Å²) in [7, 11) is 0. The zero-order valence-electron chi connectivity index (χ0n) is 12.6. The first-order valence-electron chi connectivity index (χ1n) is 8.02. The maximum atomic E-state index is 12.1. The van der Waals surface area contributed by atoms with Gasteiger partial charge in [-0.3, -0.25) is 4.79 Å². The quantitative estimate of drug-likeness (QED) is 0.728. The van der Waals surface area contributed by atoms with Crippen molar-refractivity contribution < 1.29 is 4.79 Å². The molecule has 2 aromatic carbocycles. The van der Waals surface area contributed by atoms with Gasteiger partial charge in [-0.05, 0) is 49.6 Å². The van der Waals surface area contributed by atoms with Crippen molar-refractivity contribution >= 4 is 27.6 Å². The van der Waals surface area contributed by atoms with Crippen molar-refractivity contribution in [1.29, 1.82) is 0 Å². The van der Waals surface area contributed by atoms with Crippen LogP contribution in [0.5, 0.6) is 0 Å². The number of hydrogen-bond acceptors (Lipinski definition) is 2. The lowest BCUT2D eigenvalue weighted by Crippen LogP contribution is -2.08. The summed E-state index contributed by atoms with van der Waals surface area (Å²) in [6.45, 7) is 1.49. The third-order valence-electron chi connectivity index (χ3n) is 4.60. The van der Waals surface area contributed by atoms with Gasteiger partial charge >= 0.3 is 0 Å². The highest BCUT2D eigenvalue weighted by Crippen LogP contribution is 2.36. The summed E-state index contributed by atoms with van der Waals surface area (Å²) in [6, 6.07) is 14.6. The summed E-state index contributed by atoms with van der Waals surface area (Å²) in [5, 5.41) is 2.42. The van der Waals surface area contributed by atoms with E-state index >= 15 is 0 Å². The van der Waals surface area contributed by atoms with Crippen LogP contribution in [0, 0.1) is 5.92 Å². The van der Waals surface area contributed by atoms with Gasteiger partial charge in [0, 0.05) is 40.3 Å². The molecule has 1 aliphatic rings. The summed E-state index contributed by atoms with van der Waals surface area (Å²) in [6.07, 6.45) is 3.08. The molecule has 3 heteroatoms. The first-order chi connectivity index (χ1) is 10.8. The van der Waals surface area contributed by atoms with Crippen molar-refractivity contribution in [2.24, 2.45) is 11.7 Å². The number of rotatable bonds is 5. The Morgan fingerprint density at radius 3 is 2.64 bits per heavy atom. The van der Waals surface area contributed by atoms with Crippen molar-refractivity contribution in [2.75, 3.05) is 6.54 Å². The molecule has 1 heterocycles. The Labute approximate surface area is 129 Å². The van der Waals surface area contributed by atoms with Crippen molar-refractivity contribution in [2.45, 2.75) is 25.8 Å². The first-order valence-corrected chi connectivity index (χ1v) is 8.02. The lowest BCUT2D eigenvalue weighted by molar-refractivity contribution is 0.0985. The van der Waals surface area contributed by atoms with Crippen LogP contribution in [0.2, 0.25) is 0 Å². The van der Waals surface area contributed by atoms with Gasteiger partial charge in [-0.2, -0.15) is 0 Å². The fraction of sp³-hybridized carbons (Fsp3) is 0.316. The number of carbonyl (C=O) groups excluding carboxylic acids is 1. The lowest BCUT2D eigenvalue weighted by atomic mass is 10.0. The van der Waals surface area contributed by atoms with Crippen LogP contribution in [0.1, 0.15) is 29.6 Å². The van der Waals surface area contributed by atoms with E-state index in [1.807, 2.05) is 12.1 Å². The Balaban J connectivity index is 1.92. The monoisotopic (exact) mass is 292 g/mol. The molecule has 0 radical (unpaired) electrons. The van der Waals surface area contributed by atoms with Gasteiger partial charge < -0.3 is 10.3 Å². The summed E-state index contributed by atoms with van der Waals surface area (Å²) in [4.78, 5) is 12.1. The van der Waals surface area contributed by atoms with Gasteiger partial charge in [0.1, 0.15) is 0 Å². The molecule has 0 saturated heterocycles. The van der Waals surface area contributed by atoms with E-state index in [1.54, 1.807) is 0 Å². The van der Waals surface area contributed by atoms with E-state index in [0.717, 1.165) is 18.0 Å². The van der Waals surface area contributed by atoms with E-state index in [9.17, 15) is 4.79 Å². The highest BCUT2D eigenvalue weighted by molar-refractivity contribution is 6.11. The van der Waals surface area contributed by atoms with E-state index in [-0.39, 0.29) is 5.78 Å². The van der Waals surface area contributed by atoms with E-state index < -0.39 is 0 Å². The molecule has 0 bridgehead atoms. The molecule has 1 saturated carbocycles. The summed E-state index contributed by atoms with van der Waals surface area (Å²) < 4.78 is 2.42. The molecule has 3 aromatic rings. The zero-order chi connectivity index (χ0) is 15.1. The van der Waals surface area contributed by atoms with Crippen LogP contribution in [-0.4, -0.2) is 16.9 Å². The molecule has 1 fully saturated rings. The molecular weight excluding hydrogens is 272 g/mol. The predicted octanol–water partition coefficient (Wildman–Crippen LogP) is 3.74. The van der Waals surface area contributed by atoms with Gasteiger partial charge in [-0.1, -0.05) is 18.2 Å². The van der Waals surface area contributed by atoms with Crippen LogP contribution in [0.4, 0.5) is 0 Å². The van der Waals surface area contributed by atoms with Crippen LogP contribution in [0.15, 0.2) is 42.5 Å². The smallest absolute Gasteiger partial charge is 0.164 e. The number of para-hydroxylation sites is 1. The fourth-order valence-corrected chi connectivity index (χ4v) is 3.26. The molecular formula is C19H20N2O. The number of carbonyl (C=O) groups is 1. The zero-order valence-corrected chi connectivity index (χ0v) is 12.6. The predicted molar refractivity (Wildman–Crippen MR) is 90.2 cm³/mol. The van der Waals surface area contributed by atoms with Crippen molar-refractivity contribution in [3.05, 3.63) is 48.0 Å². The van der Waals surface area contributed by atoms with Crippen molar-refractivity contribution in [3.8, 4) is 0 Å². The molecule has 0 atom stereocenters. The van der Waals surface area contributed by atoms with E-state index in [1.165, 1.54) is 34.6 Å². The molecule has 0 amide bonds. The molecule has 22 heavy (non-hydrogen) atoms. The highest BCUT2D eigenvalue weighted by Gasteiger charge is 2.23. The molecule has 2 N–H and O–H groups in total. The van der Waals surface area contributed by atoms with Crippen LogP contribution >= 0.6 is 0 Å². The van der Waals surface area contributed by atoms with Crippen molar-refractivity contribution in [3.63, 3.8) is 0 Å². The van der Waals surface area contributed by atoms with Crippen LogP contribution in [-0.2, 0) is 6.54 Å². The van der Waals surface area contributed by atoms with Crippen molar-refractivity contribution in [1.82, 2.24) is 4.57 Å². The number of benzene rings is 2. The van der Waals surface area contributed by atoms with Gasteiger partial charge in [0.25, 0.3) is 0 Å². The average molecular weight is 292 g/mol. The average Bonchev–Trinajstić information content (AvgIpc) is 3.31. The Kier molecular flexibility index (Phi) is 3.23. The minimum absolute atomic E-state index is 0.128. The SMILES string of the molecule is NCCC(=O)c1ccc2c(c1)c1ccccc1n2CC1CC1. The Bertz CT molecular complexity index is 858. The lowest BCUT2D eigenvalue weighted by Gasteiger charge is -2.06. The van der Waals surface area contributed by atoms with Gasteiger partial charge in [-0.15, -0.1) is 0 Å². The standard InChI is InChI=1S/C19H20N2O/c20-10-9-19(22)14-7-8-18-16(11-14)15-3-1-2-4-17(15)21(18)12-13-5-6-13/h1-4,7-8,11,13H,5-6,9-10,12,20H2. The van der Waals surface area contributed by atoms with E-state index in [2.05, 4.69) is 34.9 Å². The first kappa shape index (κ1) is 13.5. The highest BCUT2D eigenvalue weighted by atomic mass is 16.1. The Morgan fingerprint density at radius 1 is 1.09 bits per heavy atom. The summed E-state index contributed by atoms with van der Waals surface area (Å²) >= 11 is 0. The number of ketones is 1. The fourth-order valence-electron chi connectivity index (χ4n) is 3.26. The largest absolute Gasteiger partial charge is 0.340 e. The molecule has 0 unspecified atom stereocenters. The van der Waals surface area contributed by atoms with Gasteiger partial charge in [0.05, 0.1) is 0 Å². The second-order valence-corrected chi connectivity index (χ2v) is 6.26. The maximum Gasteiger partial charge on any atom is 0.164 e. The third kappa shape index (κ3) is 2.22. The topological polar surface area (TPSA) is 48.0 Å². The minimum Gasteiger partial charge on any atom is -0.340 e. The van der Waals surface area contributed by atoms with E-state index in [0.29, 0.717) is 13.0 Å².